The first-order chi connectivity index (χ1) is 8.54. The van der Waals surface area contributed by atoms with Crippen LogP contribution in [0.1, 0.15) is 11.6 Å². The molecule has 0 amide bonds. The van der Waals surface area contributed by atoms with Gasteiger partial charge in [0.05, 0.1) is 7.11 Å². The summed E-state index contributed by atoms with van der Waals surface area (Å²) in [5.74, 6) is -0.467. The summed E-state index contributed by atoms with van der Waals surface area (Å²) in [6, 6.07) is 6.83. The SMILES string of the molecule is COc1ccc2c(O)ccc([C@H](N)C(=O)O)c2c1. The number of phenols is 1. The Morgan fingerprint density at radius 2 is 2.00 bits per heavy atom. The average molecular weight is 247 g/mol. The average Bonchev–Trinajstić information content (AvgIpc) is 2.38. The third-order valence-corrected chi connectivity index (χ3v) is 2.84. The van der Waals surface area contributed by atoms with E-state index >= 15 is 0 Å². The quantitative estimate of drug-likeness (QED) is 0.766. The van der Waals surface area contributed by atoms with Gasteiger partial charge in [-0.1, -0.05) is 6.07 Å². The standard InChI is InChI=1S/C13H13NO4/c1-18-7-2-3-8-10(6-7)9(4-5-11(8)15)12(14)13(16)17/h2-6,12,15H,14H2,1H3,(H,16,17)/t12-/m0/s1. The van der Waals surface area contributed by atoms with Gasteiger partial charge in [0.25, 0.3) is 0 Å². The maximum atomic E-state index is 11.0. The van der Waals surface area contributed by atoms with Crippen LogP contribution < -0.4 is 10.5 Å². The van der Waals surface area contributed by atoms with E-state index in [9.17, 15) is 9.90 Å². The van der Waals surface area contributed by atoms with E-state index in [0.717, 1.165) is 0 Å². The van der Waals surface area contributed by atoms with Gasteiger partial charge in [0.1, 0.15) is 17.5 Å². The van der Waals surface area contributed by atoms with Crippen molar-refractivity contribution in [1.82, 2.24) is 0 Å². The maximum Gasteiger partial charge on any atom is 0.325 e. The predicted molar refractivity (Wildman–Crippen MR) is 66.7 cm³/mol. The van der Waals surface area contributed by atoms with Crippen molar-refractivity contribution < 1.29 is 19.7 Å². The Kier molecular flexibility index (Phi) is 3.08. The number of carboxylic acid groups (broad SMARTS) is 1. The highest BCUT2D eigenvalue weighted by atomic mass is 16.5. The number of rotatable bonds is 3. The molecule has 0 aliphatic carbocycles. The van der Waals surface area contributed by atoms with E-state index in [1.54, 1.807) is 18.2 Å². The van der Waals surface area contributed by atoms with Gasteiger partial charge in [0, 0.05) is 5.39 Å². The van der Waals surface area contributed by atoms with Gasteiger partial charge >= 0.3 is 5.97 Å². The number of aromatic hydroxyl groups is 1. The molecule has 2 aromatic rings. The van der Waals surface area contributed by atoms with Crippen LogP contribution in [0.4, 0.5) is 0 Å². The van der Waals surface area contributed by atoms with Crippen LogP contribution in [-0.4, -0.2) is 23.3 Å². The molecule has 4 N–H and O–H groups in total. The molecule has 0 saturated heterocycles. The topological polar surface area (TPSA) is 92.8 Å². The third kappa shape index (κ3) is 1.96. The van der Waals surface area contributed by atoms with Crippen LogP contribution in [0.3, 0.4) is 0 Å². The molecule has 0 radical (unpaired) electrons. The summed E-state index contributed by atoms with van der Waals surface area (Å²) in [5.41, 5.74) is 6.06. The molecule has 18 heavy (non-hydrogen) atoms. The van der Waals surface area contributed by atoms with E-state index in [1.807, 2.05) is 0 Å². The number of hydrogen-bond acceptors (Lipinski definition) is 4. The number of phenolic OH excluding ortho intramolecular Hbond substituents is 1. The van der Waals surface area contributed by atoms with Crippen LogP contribution in [0.25, 0.3) is 10.8 Å². The second-order valence-electron chi connectivity index (χ2n) is 3.90. The van der Waals surface area contributed by atoms with Crippen LogP contribution >= 0.6 is 0 Å². The Morgan fingerprint density at radius 1 is 1.28 bits per heavy atom. The molecule has 0 fully saturated rings. The van der Waals surface area contributed by atoms with E-state index < -0.39 is 12.0 Å². The lowest BCUT2D eigenvalue weighted by Gasteiger charge is -2.12. The number of carbonyl (C=O) groups is 1. The molecule has 5 nitrogen and oxygen atoms in total. The Bertz CT molecular complexity index is 609. The lowest BCUT2D eigenvalue weighted by atomic mass is 9.98. The molecule has 0 aromatic heterocycles. The summed E-state index contributed by atoms with van der Waals surface area (Å²) in [5, 5.41) is 19.8. The van der Waals surface area contributed by atoms with Crippen molar-refractivity contribution >= 4 is 16.7 Å². The molecule has 0 saturated carbocycles. The summed E-state index contributed by atoms with van der Waals surface area (Å²) in [6.07, 6.45) is 0. The summed E-state index contributed by atoms with van der Waals surface area (Å²) >= 11 is 0. The molecule has 2 rings (SSSR count). The first kappa shape index (κ1) is 12.2. The fraction of sp³-hybridized carbons (Fsp3) is 0.154. The fourth-order valence-electron chi connectivity index (χ4n) is 1.87. The van der Waals surface area contributed by atoms with Crippen molar-refractivity contribution in [2.75, 3.05) is 7.11 Å². The predicted octanol–water partition coefficient (Wildman–Crippen LogP) is 1.64. The van der Waals surface area contributed by atoms with Crippen LogP contribution in [0.5, 0.6) is 11.5 Å². The van der Waals surface area contributed by atoms with Gasteiger partial charge in [0.2, 0.25) is 0 Å². The van der Waals surface area contributed by atoms with E-state index in [-0.39, 0.29) is 5.75 Å². The lowest BCUT2D eigenvalue weighted by molar-refractivity contribution is -0.138. The van der Waals surface area contributed by atoms with Crippen LogP contribution in [-0.2, 0) is 4.79 Å². The van der Waals surface area contributed by atoms with Crippen molar-refractivity contribution in [2.45, 2.75) is 6.04 Å². The number of aliphatic carboxylic acids is 1. The van der Waals surface area contributed by atoms with Gasteiger partial charge in [-0.3, -0.25) is 4.79 Å². The summed E-state index contributed by atoms with van der Waals surface area (Å²) in [7, 11) is 1.51. The van der Waals surface area contributed by atoms with E-state index in [4.69, 9.17) is 15.6 Å². The van der Waals surface area contributed by atoms with Crippen LogP contribution in [0, 0.1) is 0 Å². The second-order valence-corrected chi connectivity index (χ2v) is 3.90. The Balaban J connectivity index is 2.73. The number of ether oxygens (including phenoxy) is 1. The van der Waals surface area contributed by atoms with Gasteiger partial charge in [-0.15, -0.1) is 0 Å². The monoisotopic (exact) mass is 247 g/mol. The lowest BCUT2D eigenvalue weighted by Crippen LogP contribution is -2.20. The molecule has 0 unspecified atom stereocenters. The highest BCUT2D eigenvalue weighted by molar-refractivity contribution is 5.95. The van der Waals surface area contributed by atoms with E-state index in [2.05, 4.69) is 0 Å². The number of hydrogen-bond donors (Lipinski definition) is 3. The zero-order valence-electron chi connectivity index (χ0n) is 9.75. The summed E-state index contributed by atoms with van der Waals surface area (Å²) in [4.78, 5) is 11.0. The zero-order valence-corrected chi connectivity index (χ0v) is 9.75. The number of nitrogens with two attached hydrogens (primary N) is 1. The van der Waals surface area contributed by atoms with Crippen molar-refractivity contribution in [3.8, 4) is 11.5 Å². The van der Waals surface area contributed by atoms with Crippen LogP contribution in [0.2, 0.25) is 0 Å². The minimum absolute atomic E-state index is 0.0778. The first-order valence-electron chi connectivity index (χ1n) is 5.32. The molecule has 0 heterocycles. The molecular formula is C13H13NO4. The fourth-order valence-corrected chi connectivity index (χ4v) is 1.87. The molecule has 0 aliphatic rings. The van der Waals surface area contributed by atoms with Gasteiger partial charge in [0.15, 0.2) is 0 Å². The molecule has 1 atom stereocenters. The van der Waals surface area contributed by atoms with Crippen molar-refractivity contribution in [1.29, 1.82) is 0 Å². The summed E-state index contributed by atoms with van der Waals surface area (Å²) < 4.78 is 5.09. The Labute approximate surface area is 103 Å². The molecule has 5 heteroatoms. The van der Waals surface area contributed by atoms with Crippen molar-refractivity contribution in [2.24, 2.45) is 5.73 Å². The molecule has 0 spiro atoms. The van der Waals surface area contributed by atoms with E-state index in [1.165, 1.54) is 19.2 Å². The molecule has 2 aromatic carbocycles. The first-order valence-corrected chi connectivity index (χ1v) is 5.32. The summed E-state index contributed by atoms with van der Waals surface area (Å²) in [6.45, 7) is 0. The molecule has 0 bridgehead atoms. The highest BCUT2D eigenvalue weighted by Gasteiger charge is 2.18. The zero-order chi connectivity index (χ0) is 13.3. The van der Waals surface area contributed by atoms with Crippen molar-refractivity contribution in [3.05, 3.63) is 35.9 Å². The minimum atomic E-state index is -1.14. The number of benzene rings is 2. The number of methoxy groups -OCH3 is 1. The number of carboxylic acids is 1. The van der Waals surface area contributed by atoms with E-state index in [0.29, 0.717) is 22.1 Å². The largest absolute Gasteiger partial charge is 0.507 e. The smallest absolute Gasteiger partial charge is 0.325 e. The number of fused-ring (bicyclic) bond motifs is 1. The second kappa shape index (κ2) is 4.54. The Morgan fingerprint density at radius 3 is 2.61 bits per heavy atom. The normalized spacial score (nSPS) is 12.3. The highest BCUT2D eigenvalue weighted by Crippen LogP contribution is 2.32. The van der Waals surface area contributed by atoms with Crippen LogP contribution in [0.15, 0.2) is 30.3 Å². The van der Waals surface area contributed by atoms with Gasteiger partial charge in [-0.05, 0) is 35.2 Å². The molecule has 94 valence electrons. The van der Waals surface area contributed by atoms with Gasteiger partial charge < -0.3 is 20.7 Å². The third-order valence-electron chi connectivity index (χ3n) is 2.84. The molecule has 0 aliphatic heterocycles. The van der Waals surface area contributed by atoms with Crippen molar-refractivity contribution in [3.63, 3.8) is 0 Å². The molecular weight excluding hydrogens is 234 g/mol. The Hall–Kier alpha value is -2.27. The van der Waals surface area contributed by atoms with Gasteiger partial charge in [-0.25, -0.2) is 0 Å². The van der Waals surface area contributed by atoms with Gasteiger partial charge in [-0.2, -0.15) is 0 Å². The maximum absolute atomic E-state index is 11.0. The minimum Gasteiger partial charge on any atom is -0.507 e.